The van der Waals surface area contributed by atoms with Gasteiger partial charge in [0.2, 0.25) is 0 Å². The Morgan fingerprint density at radius 1 is 0.818 bits per heavy atom. The third-order valence-electron chi connectivity index (χ3n) is 7.20. The number of para-hydroxylation sites is 2. The van der Waals surface area contributed by atoms with Crippen LogP contribution in [0.4, 0.5) is 0 Å². The second-order valence-corrected chi connectivity index (χ2v) is 9.63. The number of aryl methyl sites for hydroxylation is 2. The highest BCUT2D eigenvalue weighted by Crippen LogP contribution is 2.35. The van der Waals surface area contributed by atoms with Crippen molar-refractivity contribution in [2.24, 2.45) is 0 Å². The first-order valence-corrected chi connectivity index (χ1v) is 12.2. The van der Waals surface area contributed by atoms with Crippen molar-refractivity contribution < 1.29 is 0 Å². The number of fused-ring (bicyclic) bond motifs is 2. The number of nitrogens with zero attached hydrogens (tertiary/aromatic N) is 5. The molecule has 4 aromatic rings. The first kappa shape index (κ1) is 23.0. The van der Waals surface area contributed by atoms with E-state index in [-0.39, 0.29) is 5.41 Å². The van der Waals surface area contributed by atoms with Crippen LogP contribution in [-0.4, -0.2) is 19.1 Å². The van der Waals surface area contributed by atoms with E-state index in [2.05, 4.69) is 99.2 Å². The van der Waals surface area contributed by atoms with Crippen LogP contribution in [0.1, 0.15) is 71.6 Å². The van der Waals surface area contributed by atoms with E-state index in [9.17, 15) is 5.26 Å². The number of aromatic nitrogens is 4. The predicted octanol–water partition coefficient (Wildman–Crippen LogP) is 6.53. The van der Waals surface area contributed by atoms with Gasteiger partial charge in [-0.1, -0.05) is 45.9 Å². The zero-order chi connectivity index (χ0) is 23.8. The van der Waals surface area contributed by atoms with Crippen LogP contribution in [0.2, 0.25) is 0 Å². The zero-order valence-electron chi connectivity index (χ0n) is 20.8. The molecule has 0 amide bonds. The minimum atomic E-state index is -0.541. The van der Waals surface area contributed by atoms with Gasteiger partial charge in [0.1, 0.15) is 17.1 Å². The second-order valence-electron chi connectivity index (χ2n) is 9.63. The van der Waals surface area contributed by atoms with Gasteiger partial charge in [-0.2, -0.15) is 5.26 Å². The topological polar surface area (TPSA) is 59.4 Å². The van der Waals surface area contributed by atoms with Crippen molar-refractivity contribution in [2.45, 2.75) is 84.7 Å². The lowest BCUT2D eigenvalue weighted by Gasteiger charge is -2.25. The molecule has 0 spiro atoms. The molecular weight excluding hydrogens is 406 g/mol. The lowest BCUT2D eigenvalue weighted by atomic mass is 9.83. The van der Waals surface area contributed by atoms with Crippen LogP contribution in [0, 0.1) is 11.3 Å². The van der Waals surface area contributed by atoms with E-state index < -0.39 is 5.41 Å². The molecule has 33 heavy (non-hydrogen) atoms. The fourth-order valence-electron chi connectivity index (χ4n) is 5.24. The highest BCUT2D eigenvalue weighted by molar-refractivity contribution is 5.78. The Balaban J connectivity index is 1.78. The molecule has 0 bridgehead atoms. The van der Waals surface area contributed by atoms with Gasteiger partial charge in [0.15, 0.2) is 0 Å². The molecule has 0 aliphatic heterocycles. The number of hydrogen-bond donors (Lipinski definition) is 0. The van der Waals surface area contributed by atoms with Gasteiger partial charge >= 0.3 is 0 Å². The van der Waals surface area contributed by atoms with Gasteiger partial charge in [-0.05, 0) is 62.9 Å². The first-order chi connectivity index (χ1) is 15.8. The van der Waals surface area contributed by atoms with Gasteiger partial charge in [0, 0.05) is 18.5 Å². The van der Waals surface area contributed by atoms with Crippen molar-refractivity contribution in [3.8, 4) is 6.07 Å². The minimum Gasteiger partial charge on any atom is -0.328 e. The van der Waals surface area contributed by atoms with E-state index in [1.165, 1.54) is 11.1 Å². The summed E-state index contributed by atoms with van der Waals surface area (Å²) in [6, 6.07) is 17.5. The summed E-state index contributed by atoms with van der Waals surface area (Å²) >= 11 is 0. The predicted molar refractivity (Wildman–Crippen MR) is 135 cm³/mol. The van der Waals surface area contributed by atoms with E-state index in [1.807, 2.05) is 0 Å². The number of hydrogen-bond acceptors (Lipinski definition) is 3. The van der Waals surface area contributed by atoms with Gasteiger partial charge in [-0.15, -0.1) is 0 Å². The van der Waals surface area contributed by atoms with E-state index >= 15 is 0 Å². The molecule has 4 rings (SSSR count). The Hall–Kier alpha value is -3.13. The summed E-state index contributed by atoms with van der Waals surface area (Å²) in [5.74, 6) is 2.02. The molecule has 172 valence electrons. The van der Waals surface area contributed by atoms with Crippen LogP contribution in [0.25, 0.3) is 22.1 Å². The Bertz CT molecular complexity index is 1330. The molecule has 2 aromatic heterocycles. The van der Waals surface area contributed by atoms with Crippen molar-refractivity contribution in [1.82, 2.24) is 19.1 Å². The monoisotopic (exact) mass is 441 g/mol. The van der Waals surface area contributed by atoms with Crippen LogP contribution in [0.3, 0.4) is 0 Å². The molecule has 5 heteroatoms. The SMILES string of the molecule is CCn1c(C(C)(C)Cc2ccc3nc(C(C#N)(CC)CC)n(CC)c3c2)nc2ccccc21. The summed E-state index contributed by atoms with van der Waals surface area (Å²) in [4.78, 5) is 9.97. The first-order valence-electron chi connectivity index (χ1n) is 12.2. The van der Waals surface area contributed by atoms with E-state index in [0.29, 0.717) is 0 Å². The third-order valence-corrected chi connectivity index (χ3v) is 7.20. The highest BCUT2D eigenvalue weighted by Gasteiger charge is 2.34. The number of nitriles is 1. The summed E-state index contributed by atoms with van der Waals surface area (Å²) < 4.78 is 4.58. The van der Waals surface area contributed by atoms with Crippen LogP contribution >= 0.6 is 0 Å². The average Bonchev–Trinajstić information content (AvgIpc) is 3.39. The van der Waals surface area contributed by atoms with E-state index in [4.69, 9.17) is 9.97 Å². The fraction of sp³-hybridized carbons (Fsp3) is 0.464. The summed E-state index contributed by atoms with van der Waals surface area (Å²) in [6.07, 6.45) is 2.40. The maximum absolute atomic E-state index is 10.0. The van der Waals surface area contributed by atoms with Crippen LogP contribution in [0.15, 0.2) is 42.5 Å². The largest absolute Gasteiger partial charge is 0.328 e. The minimum absolute atomic E-state index is 0.133. The molecule has 0 saturated carbocycles. The second kappa shape index (κ2) is 8.67. The Morgan fingerprint density at radius 3 is 2.06 bits per heavy atom. The molecule has 0 aliphatic carbocycles. The van der Waals surface area contributed by atoms with E-state index in [0.717, 1.165) is 60.6 Å². The summed E-state index contributed by atoms with van der Waals surface area (Å²) in [7, 11) is 0. The Labute approximate surface area is 197 Å². The molecule has 2 heterocycles. The number of rotatable bonds is 8. The standard InChI is InChI=1S/C28H35N5/c1-7-28(8-2,19-29)26-31-22-16-15-20(17-24(22)33(26)10-4)18-27(5,6)25-30-21-13-11-12-14-23(21)32(25)9-3/h11-17H,7-10,18H2,1-6H3. The molecule has 0 aliphatic rings. The van der Waals surface area contributed by atoms with Gasteiger partial charge in [0.25, 0.3) is 0 Å². The maximum atomic E-state index is 10.0. The fourth-order valence-corrected chi connectivity index (χ4v) is 5.24. The molecule has 0 unspecified atom stereocenters. The normalized spacial score (nSPS) is 12.5. The van der Waals surface area contributed by atoms with Gasteiger partial charge in [-0.3, -0.25) is 0 Å². The third kappa shape index (κ3) is 3.72. The zero-order valence-corrected chi connectivity index (χ0v) is 20.8. The number of benzene rings is 2. The molecular formula is C28H35N5. The molecule has 2 aromatic carbocycles. The van der Waals surface area contributed by atoms with Crippen molar-refractivity contribution in [2.75, 3.05) is 0 Å². The van der Waals surface area contributed by atoms with E-state index in [1.54, 1.807) is 0 Å². The maximum Gasteiger partial charge on any atom is 0.130 e. The van der Waals surface area contributed by atoms with Gasteiger partial charge in [-0.25, -0.2) is 9.97 Å². The molecule has 0 N–H and O–H groups in total. The van der Waals surface area contributed by atoms with Gasteiger partial charge in [0.05, 0.1) is 28.1 Å². The average molecular weight is 442 g/mol. The highest BCUT2D eigenvalue weighted by atomic mass is 15.1. The molecule has 0 saturated heterocycles. The molecule has 0 fully saturated rings. The summed E-state index contributed by atoms with van der Waals surface area (Å²) in [5, 5.41) is 10.0. The lowest BCUT2D eigenvalue weighted by Crippen LogP contribution is -2.27. The Kier molecular flexibility index (Phi) is 6.05. The molecule has 0 radical (unpaired) electrons. The Morgan fingerprint density at radius 2 is 1.42 bits per heavy atom. The lowest BCUT2D eigenvalue weighted by molar-refractivity contribution is 0.458. The molecule has 5 nitrogen and oxygen atoms in total. The smallest absolute Gasteiger partial charge is 0.130 e. The molecule has 0 atom stereocenters. The van der Waals surface area contributed by atoms with Crippen LogP contribution in [0.5, 0.6) is 0 Å². The number of imidazole rings is 2. The van der Waals surface area contributed by atoms with Crippen molar-refractivity contribution in [3.63, 3.8) is 0 Å². The van der Waals surface area contributed by atoms with Crippen molar-refractivity contribution >= 4 is 22.1 Å². The summed E-state index contributed by atoms with van der Waals surface area (Å²) in [5.41, 5.74) is 4.92. The van der Waals surface area contributed by atoms with Gasteiger partial charge < -0.3 is 9.13 Å². The van der Waals surface area contributed by atoms with Crippen molar-refractivity contribution in [1.29, 1.82) is 5.26 Å². The van der Waals surface area contributed by atoms with Crippen LogP contribution in [-0.2, 0) is 30.3 Å². The summed E-state index contributed by atoms with van der Waals surface area (Å²) in [6.45, 7) is 14.7. The quantitative estimate of drug-likeness (QED) is 0.312. The van der Waals surface area contributed by atoms with Crippen molar-refractivity contribution in [3.05, 3.63) is 59.7 Å². The van der Waals surface area contributed by atoms with Crippen LogP contribution < -0.4 is 0 Å².